The monoisotopic (exact) mass is 208 g/mol. The van der Waals surface area contributed by atoms with Gasteiger partial charge in [0.2, 0.25) is 4.96 Å². The molecule has 1 saturated carbocycles. The van der Waals surface area contributed by atoms with Crippen molar-refractivity contribution in [1.82, 2.24) is 14.6 Å². The summed E-state index contributed by atoms with van der Waals surface area (Å²) in [5.74, 6) is 1.73. The third-order valence-corrected chi connectivity index (χ3v) is 3.79. The number of rotatable bonds is 2. The van der Waals surface area contributed by atoms with Crippen LogP contribution in [0.2, 0.25) is 0 Å². The third-order valence-electron chi connectivity index (χ3n) is 2.93. The summed E-state index contributed by atoms with van der Waals surface area (Å²) >= 11 is 1.62. The molecule has 2 heterocycles. The van der Waals surface area contributed by atoms with Gasteiger partial charge in [-0.3, -0.25) is 4.40 Å². The highest BCUT2D eigenvalue weighted by Gasteiger charge is 2.25. The molecule has 5 heteroatoms. The van der Waals surface area contributed by atoms with Crippen molar-refractivity contribution in [3.05, 3.63) is 16.9 Å². The minimum atomic E-state index is 0.567. The average Bonchev–Trinajstić information content (AvgIpc) is 2.64. The maximum atomic E-state index is 5.68. The fraction of sp³-hybridized carbons (Fsp3) is 0.556. The predicted molar refractivity (Wildman–Crippen MR) is 55.3 cm³/mol. The van der Waals surface area contributed by atoms with Gasteiger partial charge in [0, 0.05) is 17.8 Å². The quantitative estimate of drug-likeness (QED) is 0.814. The Morgan fingerprint density at radius 3 is 3.00 bits per heavy atom. The topological polar surface area (TPSA) is 56.2 Å². The van der Waals surface area contributed by atoms with E-state index < -0.39 is 0 Å². The van der Waals surface area contributed by atoms with Gasteiger partial charge in [-0.2, -0.15) is 0 Å². The molecule has 0 aromatic carbocycles. The van der Waals surface area contributed by atoms with Gasteiger partial charge in [0.05, 0.1) is 5.69 Å². The van der Waals surface area contributed by atoms with Crippen molar-refractivity contribution in [3.8, 4) is 0 Å². The van der Waals surface area contributed by atoms with Crippen LogP contribution in [0.3, 0.4) is 0 Å². The van der Waals surface area contributed by atoms with Gasteiger partial charge in [-0.15, -0.1) is 21.5 Å². The first kappa shape index (κ1) is 8.38. The van der Waals surface area contributed by atoms with Gasteiger partial charge in [-0.05, 0) is 12.8 Å². The number of aromatic nitrogens is 3. The highest BCUT2D eigenvalue weighted by atomic mass is 32.1. The second-order valence-corrected chi connectivity index (χ2v) is 4.57. The lowest BCUT2D eigenvalue weighted by molar-refractivity contribution is 0.398. The van der Waals surface area contributed by atoms with Gasteiger partial charge in [0.1, 0.15) is 5.82 Å². The fourth-order valence-electron chi connectivity index (χ4n) is 1.87. The number of nitrogens with two attached hydrogens (primary N) is 1. The molecule has 0 bridgehead atoms. The molecular formula is C9H12N4S. The lowest BCUT2D eigenvalue weighted by Crippen LogP contribution is -2.14. The average molecular weight is 208 g/mol. The number of hydrogen-bond donors (Lipinski definition) is 1. The van der Waals surface area contributed by atoms with Crippen LogP contribution in [0.15, 0.2) is 5.38 Å². The van der Waals surface area contributed by atoms with Crippen LogP contribution in [0.1, 0.15) is 36.7 Å². The van der Waals surface area contributed by atoms with Crippen LogP contribution < -0.4 is 5.73 Å². The second kappa shape index (κ2) is 3.03. The molecule has 4 nitrogen and oxygen atoms in total. The van der Waals surface area contributed by atoms with E-state index in [1.54, 1.807) is 11.3 Å². The van der Waals surface area contributed by atoms with E-state index in [0.717, 1.165) is 16.5 Å². The molecule has 0 aliphatic heterocycles. The standard InChI is InChI=1S/C9H12N4S/c10-4-7-5-14-9-12-11-8(13(7)9)6-2-1-3-6/h5-6H,1-4,10H2. The number of fused-ring (bicyclic) bond motifs is 1. The van der Waals surface area contributed by atoms with E-state index in [0.29, 0.717) is 12.5 Å². The number of nitrogens with zero attached hydrogens (tertiary/aromatic N) is 3. The molecule has 0 spiro atoms. The van der Waals surface area contributed by atoms with Crippen molar-refractivity contribution in [2.45, 2.75) is 31.7 Å². The van der Waals surface area contributed by atoms with Gasteiger partial charge in [-0.25, -0.2) is 0 Å². The molecule has 0 unspecified atom stereocenters. The van der Waals surface area contributed by atoms with Crippen LogP contribution in [0.25, 0.3) is 4.96 Å². The predicted octanol–water partition coefficient (Wildman–Crippen LogP) is 1.52. The SMILES string of the molecule is NCc1csc2nnc(C3CCC3)n12. The molecule has 0 saturated heterocycles. The van der Waals surface area contributed by atoms with Crippen LogP contribution >= 0.6 is 11.3 Å². The Labute approximate surface area is 85.8 Å². The van der Waals surface area contributed by atoms with Gasteiger partial charge in [-0.1, -0.05) is 6.42 Å². The first-order valence-corrected chi connectivity index (χ1v) is 5.79. The van der Waals surface area contributed by atoms with Crippen molar-refractivity contribution in [2.24, 2.45) is 5.73 Å². The lowest BCUT2D eigenvalue weighted by Gasteiger charge is -2.23. The Hall–Kier alpha value is -0.940. The van der Waals surface area contributed by atoms with Crippen molar-refractivity contribution in [2.75, 3.05) is 0 Å². The smallest absolute Gasteiger partial charge is 0.216 e. The molecule has 74 valence electrons. The molecular weight excluding hydrogens is 196 g/mol. The van der Waals surface area contributed by atoms with E-state index in [1.165, 1.54) is 19.3 Å². The first-order valence-electron chi connectivity index (χ1n) is 4.91. The third kappa shape index (κ3) is 1.02. The summed E-state index contributed by atoms with van der Waals surface area (Å²) in [6, 6.07) is 0. The molecule has 3 rings (SSSR count). The van der Waals surface area contributed by atoms with E-state index >= 15 is 0 Å². The van der Waals surface area contributed by atoms with E-state index in [1.807, 2.05) is 0 Å². The normalized spacial score (nSPS) is 17.5. The summed E-state index contributed by atoms with van der Waals surface area (Å²) in [6.07, 6.45) is 3.82. The molecule has 0 radical (unpaired) electrons. The summed E-state index contributed by atoms with van der Waals surface area (Å²) in [6.45, 7) is 0.567. The summed E-state index contributed by atoms with van der Waals surface area (Å²) in [5, 5.41) is 10.5. The fourth-order valence-corrected chi connectivity index (χ4v) is 2.72. The van der Waals surface area contributed by atoms with Crippen molar-refractivity contribution < 1.29 is 0 Å². The zero-order valence-corrected chi connectivity index (χ0v) is 8.63. The van der Waals surface area contributed by atoms with Crippen LogP contribution in [-0.2, 0) is 6.54 Å². The summed E-state index contributed by atoms with van der Waals surface area (Å²) in [5.41, 5.74) is 6.81. The second-order valence-electron chi connectivity index (χ2n) is 3.74. The molecule has 14 heavy (non-hydrogen) atoms. The molecule has 1 fully saturated rings. The molecule has 0 atom stereocenters. The Bertz CT molecular complexity index is 454. The van der Waals surface area contributed by atoms with Crippen molar-refractivity contribution in [1.29, 1.82) is 0 Å². The Balaban J connectivity index is 2.16. The Morgan fingerprint density at radius 2 is 2.36 bits per heavy atom. The van der Waals surface area contributed by atoms with Crippen LogP contribution in [0, 0.1) is 0 Å². The maximum Gasteiger partial charge on any atom is 0.216 e. The number of hydrogen-bond acceptors (Lipinski definition) is 4. The van der Waals surface area contributed by atoms with Crippen molar-refractivity contribution in [3.63, 3.8) is 0 Å². The molecule has 2 aromatic rings. The summed E-state index contributed by atoms with van der Waals surface area (Å²) in [7, 11) is 0. The van der Waals surface area contributed by atoms with E-state index in [9.17, 15) is 0 Å². The zero-order chi connectivity index (χ0) is 9.54. The maximum absolute atomic E-state index is 5.68. The Morgan fingerprint density at radius 1 is 1.50 bits per heavy atom. The largest absolute Gasteiger partial charge is 0.325 e. The van der Waals surface area contributed by atoms with Gasteiger partial charge >= 0.3 is 0 Å². The first-order chi connectivity index (χ1) is 6.90. The van der Waals surface area contributed by atoms with E-state index in [4.69, 9.17) is 5.73 Å². The van der Waals surface area contributed by atoms with E-state index in [2.05, 4.69) is 20.0 Å². The van der Waals surface area contributed by atoms with Crippen LogP contribution in [0.4, 0.5) is 0 Å². The summed E-state index contributed by atoms with van der Waals surface area (Å²) < 4.78 is 2.13. The van der Waals surface area contributed by atoms with Gasteiger partial charge in [0.25, 0.3) is 0 Å². The highest BCUT2D eigenvalue weighted by Crippen LogP contribution is 2.36. The molecule has 2 aromatic heterocycles. The van der Waals surface area contributed by atoms with Crippen LogP contribution in [-0.4, -0.2) is 14.6 Å². The minimum Gasteiger partial charge on any atom is -0.325 e. The van der Waals surface area contributed by atoms with Gasteiger partial charge < -0.3 is 5.73 Å². The van der Waals surface area contributed by atoms with Crippen molar-refractivity contribution >= 4 is 16.3 Å². The lowest BCUT2D eigenvalue weighted by atomic mass is 9.85. The van der Waals surface area contributed by atoms with Gasteiger partial charge in [0.15, 0.2) is 0 Å². The zero-order valence-electron chi connectivity index (χ0n) is 7.81. The molecule has 2 N–H and O–H groups in total. The molecule has 1 aliphatic carbocycles. The van der Waals surface area contributed by atoms with Crippen LogP contribution in [0.5, 0.6) is 0 Å². The molecule has 1 aliphatic rings. The molecule has 0 amide bonds. The minimum absolute atomic E-state index is 0.567. The number of thiazole rings is 1. The Kier molecular flexibility index (Phi) is 1.81. The summed E-state index contributed by atoms with van der Waals surface area (Å²) in [4.78, 5) is 0.979. The highest BCUT2D eigenvalue weighted by molar-refractivity contribution is 7.15. The van der Waals surface area contributed by atoms with E-state index in [-0.39, 0.29) is 0 Å².